The number of amides is 1. The lowest BCUT2D eigenvalue weighted by molar-refractivity contribution is -0.130. The molecule has 5 nitrogen and oxygen atoms in total. The number of carbonyl (C=O) groups excluding carboxylic acids is 1. The number of hydrazone groups is 1. The first kappa shape index (κ1) is 15.6. The highest BCUT2D eigenvalue weighted by atomic mass is 32.1. The van der Waals surface area contributed by atoms with Crippen molar-refractivity contribution in [2.24, 2.45) is 5.10 Å². The maximum atomic E-state index is 11.9. The molecular formula is C17H18N2O3S. The Balaban J connectivity index is 1.94. The Morgan fingerprint density at radius 1 is 1.26 bits per heavy atom. The summed E-state index contributed by atoms with van der Waals surface area (Å²) in [5, 5.41) is 8.12. The van der Waals surface area contributed by atoms with Crippen LogP contribution in [0.5, 0.6) is 11.5 Å². The molecule has 6 heteroatoms. The number of hydrogen-bond donors (Lipinski definition) is 0. The maximum Gasteiger partial charge on any atom is 0.240 e. The van der Waals surface area contributed by atoms with Gasteiger partial charge >= 0.3 is 0 Å². The van der Waals surface area contributed by atoms with Crippen molar-refractivity contribution in [2.75, 3.05) is 14.2 Å². The summed E-state index contributed by atoms with van der Waals surface area (Å²) in [7, 11) is 3.21. The van der Waals surface area contributed by atoms with Crippen LogP contribution in [0.4, 0.5) is 0 Å². The Morgan fingerprint density at radius 2 is 2.04 bits per heavy atom. The summed E-state index contributed by atoms with van der Waals surface area (Å²) in [5.41, 5.74) is 1.81. The molecule has 1 aromatic carbocycles. The molecule has 23 heavy (non-hydrogen) atoms. The molecule has 0 aliphatic carbocycles. The van der Waals surface area contributed by atoms with Crippen LogP contribution in [0.2, 0.25) is 0 Å². The number of benzene rings is 1. The average Bonchev–Trinajstić information content (AvgIpc) is 3.22. The van der Waals surface area contributed by atoms with Gasteiger partial charge < -0.3 is 9.47 Å². The molecule has 0 fully saturated rings. The molecule has 0 radical (unpaired) electrons. The van der Waals surface area contributed by atoms with Crippen molar-refractivity contribution >= 4 is 23.0 Å². The van der Waals surface area contributed by atoms with E-state index in [-0.39, 0.29) is 11.9 Å². The van der Waals surface area contributed by atoms with Crippen LogP contribution in [0, 0.1) is 0 Å². The minimum Gasteiger partial charge on any atom is -0.493 e. The third kappa shape index (κ3) is 2.94. The topological polar surface area (TPSA) is 51.1 Å². The van der Waals surface area contributed by atoms with Gasteiger partial charge in [0.15, 0.2) is 11.5 Å². The van der Waals surface area contributed by atoms with Crippen molar-refractivity contribution in [3.8, 4) is 11.5 Å². The van der Waals surface area contributed by atoms with Crippen molar-refractivity contribution in [3.63, 3.8) is 0 Å². The molecule has 1 aliphatic heterocycles. The highest BCUT2D eigenvalue weighted by molar-refractivity contribution is 7.10. The standard InChI is InChI=1S/C17H18N2O3S/c1-11(20)19-14(17-5-4-8-23-17)10-13(18-19)12-6-7-15(21-2)16(9-12)22-3/h4-9,14H,10H2,1-3H3/t14-/m1/s1. The van der Waals surface area contributed by atoms with Gasteiger partial charge in [-0.15, -0.1) is 11.3 Å². The third-order valence-electron chi connectivity index (χ3n) is 3.82. The molecule has 1 aliphatic rings. The van der Waals surface area contributed by atoms with E-state index in [1.165, 1.54) is 0 Å². The summed E-state index contributed by atoms with van der Waals surface area (Å²) < 4.78 is 10.6. The first-order valence-electron chi connectivity index (χ1n) is 7.27. The summed E-state index contributed by atoms with van der Waals surface area (Å²) in [6, 6.07) is 9.69. The highest BCUT2D eigenvalue weighted by Crippen LogP contribution is 2.36. The Morgan fingerprint density at radius 3 is 2.65 bits per heavy atom. The van der Waals surface area contributed by atoms with Crippen molar-refractivity contribution < 1.29 is 14.3 Å². The second-order valence-corrected chi connectivity index (χ2v) is 6.19. The first-order chi connectivity index (χ1) is 11.1. The van der Waals surface area contributed by atoms with Gasteiger partial charge in [0.2, 0.25) is 5.91 Å². The molecule has 0 N–H and O–H groups in total. The summed E-state index contributed by atoms with van der Waals surface area (Å²) in [4.78, 5) is 13.1. The molecule has 0 saturated carbocycles. The third-order valence-corrected chi connectivity index (χ3v) is 4.79. The monoisotopic (exact) mass is 330 g/mol. The fraction of sp³-hybridized carbons (Fsp3) is 0.294. The van der Waals surface area contributed by atoms with Crippen molar-refractivity contribution in [3.05, 3.63) is 46.2 Å². The van der Waals surface area contributed by atoms with Gasteiger partial charge in [0.25, 0.3) is 0 Å². The Bertz CT molecular complexity index is 740. The predicted octanol–water partition coefficient (Wildman–Crippen LogP) is 3.46. The lowest BCUT2D eigenvalue weighted by atomic mass is 10.0. The van der Waals surface area contributed by atoms with E-state index in [4.69, 9.17) is 9.47 Å². The number of hydrogen-bond acceptors (Lipinski definition) is 5. The van der Waals surface area contributed by atoms with Crippen LogP contribution in [-0.4, -0.2) is 30.8 Å². The predicted molar refractivity (Wildman–Crippen MR) is 90.3 cm³/mol. The van der Waals surface area contributed by atoms with E-state index in [9.17, 15) is 4.79 Å². The van der Waals surface area contributed by atoms with Crippen LogP contribution in [0.25, 0.3) is 0 Å². The summed E-state index contributed by atoms with van der Waals surface area (Å²) in [6.07, 6.45) is 0.690. The van der Waals surface area contributed by atoms with E-state index >= 15 is 0 Å². The van der Waals surface area contributed by atoms with Crippen LogP contribution >= 0.6 is 11.3 Å². The van der Waals surface area contributed by atoms with E-state index in [0.29, 0.717) is 17.9 Å². The zero-order valence-corrected chi connectivity index (χ0v) is 14.1. The van der Waals surface area contributed by atoms with Gasteiger partial charge in [-0.25, -0.2) is 5.01 Å². The number of rotatable bonds is 4. The van der Waals surface area contributed by atoms with Crippen molar-refractivity contribution in [2.45, 2.75) is 19.4 Å². The van der Waals surface area contributed by atoms with E-state index in [1.54, 1.807) is 37.5 Å². The Hall–Kier alpha value is -2.34. The van der Waals surface area contributed by atoms with Crippen LogP contribution in [-0.2, 0) is 4.79 Å². The Labute approximate surface area is 139 Å². The van der Waals surface area contributed by atoms with Gasteiger partial charge in [0.1, 0.15) is 0 Å². The fourth-order valence-electron chi connectivity index (χ4n) is 2.69. The van der Waals surface area contributed by atoms with Crippen LogP contribution in [0.1, 0.15) is 29.8 Å². The smallest absolute Gasteiger partial charge is 0.240 e. The largest absolute Gasteiger partial charge is 0.493 e. The molecule has 0 bridgehead atoms. The molecule has 120 valence electrons. The van der Waals surface area contributed by atoms with Gasteiger partial charge in [-0.3, -0.25) is 4.79 Å². The van der Waals surface area contributed by atoms with Gasteiger partial charge in [-0.1, -0.05) is 6.07 Å². The molecule has 2 heterocycles. The summed E-state index contributed by atoms with van der Waals surface area (Å²) in [6.45, 7) is 1.54. The van der Waals surface area contributed by atoms with Gasteiger partial charge in [0.05, 0.1) is 26.0 Å². The number of carbonyl (C=O) groups is 1. The van der Waals surface area contributed by atoms with Gasteiger partial charge in [0, 0.05) is 23.8 Å². The number of nitrogens with zero attached hydrogens (tertiary/aromatic N) is 2. The molecule has 0 unspecified atom stereocenters. The molecule has 1 aromatic heterocycles. The van der Waals surface area contributed by atoms with Crippen LogP contribution < -0.4 is 9.47 Å². The number of thiophene rings is 1. The number of ether oxygens (including phenoxy) is 2. The summed E-state index contributed by atoms with van der Waals surface area (Å²) in [5.74, 6) is 1.27. The Kier molecular flexibility index (Phi) is 4.34. The average molecular weight is 330 g/mol. The van der Waals surface area contributed by atoms with Crippen molar-refractivity contribution in [1.29, 1.82) is 0 Å². The van der Waals surface area contributed by atoms with Crippen molar-refractivity contribution in [1.82, 2.24) is 5.01 Å². The molecule has 1 atom stereocenters. The van der Waals surface area contributed by atoms with Crippen LogP contribution in [0.3, 0.4) is 0 Å². The molecule has 3 rings (SSSR count). The van der Waals surface area contributed by atoms with E-state index in [1.807, 2.05) is 35.7 Å². The first-order valence-corrected chi connectivity index (χ1v) is 8.15. The quantitative estimate of drug-likeness (QED) is 0.862. The molecule has 2 aromatic rings. The highest BCUT2D eigenvalue weighted by Gasteiger charge is 2.32. The normalized spacial score (nSPS) is 17.1. The lowest BCUT2D eigenvalue weighted by Crippen LogP contribution is -2.23. The fourth-order valence-corrected chi connectivity index (χ4v) is 3.51. The lowest BCUT2D eigenvalue weighted by Gasteiger charge is -2.18. The second kappa shape index (κ2) is 6.42. The molecule has 0 spiro atoms. The summed E-state index contributed by atoms with van der Waals surface area (Å²) >= 11 is 1.64. The minimum absolute atomic E-state index is 0.0319. The van der Waals surface area contributed by atoms with E-state index < -0.39 is 0 Å². The van der Waals surface area contributed by atoms with E-state index in [2.05, 4.69) is 5.10 Å². The SMILES string of the molecule is COc1ccc(C2=NN(C(C)=O)[C@@H](c3cccs3)C2)cc1OC. The number of methoxy groups -OCH3 is 2. The van der Waals surface area contributed by atoms with Gasteiger partial charge in [-0.2, -0.15) is 5.10 Å². The zero-order valence-electron chi connectivity index (χ0n) is 13.3. The second-order valence-electron chi connectivity index (χ2n) is 5.22. The molecule has 1 amide bonds. The minimum atomic E-state index is -0.0566. The van der Waals surface area contributed by atoms with Crippen LogP contribution in [0.15, 0.2) is 40.8 Å². The van der Waals surface area contributed by atoms with Gasteiger partial charge in [-0.05, 0) is 29.6 Å². The molecule has 0 saturated heterocycles. The van der Waals surface area contributed by atoms with E-state index in [0.717, 1.165) is 16.2 Å². The zero-order chi connectivity index (χ0) is 16.4. The molecular weight excluding hydrogens is 312 g/mol. The maximum absolute atomic E-state index is 11.9.